The molecular weight excluding hydrogens is 242 g/mol. The summed E-state index contributed by atoms with van der Waals surface area (Å²) < 4.78 is 5.04. The molecule has 1 aliphatic rings. The third-order valence-electron chi connectivity index (χ3n) is 2.70. The first-order valence-corrected chi connectivity index (χ1v) is 5.58. The molecule has 1 heterocycles. The highest BCUT2D eigenvalue weighted by Crippen LogP contribution is 2.31. The number of carboxylic acids is 2. The van der Waals surface area contributed by atoms with Crippen LogP contribution < -0.4 is 0 Å². The second-order valence-electron chi connectivity index (χ2n) is 5.21. The maximum Gasteiger partial charge on any atom is 0.411 e. The lowest BCUT2D eigenvalue weighted by atomic mass is 9.97. The zero-order valence-electron chi connectivity index (χ0n) is 10.6. The molecule has 0 spiro atoms. The van der Waals surface area contributed by atoms with Crippen LogP contribution >= 0.6 is 0 Å². The van der Waals surface area contributed by atoms with Crippen LogP contribution in [0.15, 0.2) is 0 Å². The van der Waals surface area contributed by atoms with Crippen LogP contribution in [0.1, 0.15) is 33.6 Å². The van der Waals surface area contributed by atoms with Crippen molar-refractivity contribution < 1.29 is 29.3 Å². The summed E-state index contributed by atoms with van der Waals surface area (Å²) >= 11 is 0. The van der Waals surface area contributed by atoms with Crippen molar-refractivity contribution in [3.05, 3.63) is 0 Å². The Bertz CT molecular complexity index is 369. The zero-order valence-corrected chi connectivity index (χ0v) is 10.6. The Kier molecular flexibility index (Phi) is 3.54. The maximum atomic E-state index is 11.9. The van der Waals surface area contributed by atoms with Crippen molar-refractivity contribution in [1.29, 1.82) is 0 Å². The molecule has 7 heteroatoms. The van der Waals surface area contributed by atoms with Crippen LogP contribution in [-0.4, -0.2) is 50.8 Å². The summed E-state index contributed by atoms with van der Waals surface area (Å²) in [5, 5.41) is 18.2. The number of carbonyl (C=O) groups excluding carboxylic acids is 1. The molecule has 0 bridgehead atoms. The Morgan fingerprint density at radius 3 is 2.06 bits per heavy atom. The van der Waals surface area contributed by atoms with Gasteiger partial charge >= 0.3 is 18.0 Å². The molecule has 7 nitrogen and oxygen atoms in total. The smallest absolute Gasteiger partial charge is 0.411 e. The van der Waals surface area contributed by atoms with E-state index >= 15 is 0 Å². The number of carbonyl (C=O) groups is 3. The molecule has 0 atom stereocenters. The van der Waals surface area contributed by atoms with Crippen molar-refractivity contribution in [2.24, 2.45) is 0 Å². The van der Waals surface area contributed by atoms with Crippen LogP contribution in [0.5, 0.6) is 0 Å². The minimum Gasteiger partial charge on any atom is -0.479 e. The van der Waals surface area contributed by atoms with Gasteiger partial charge in [0.25, 0.3) is 0 Å². The molecule has 2 N–H and O–H groups in total. The molecule has 1 rings (SSSR count). The maximum absolute atomic E-state index is 11.9. The molecule has 0 aliphatic carbocycles. The van der Waals surface area contributed by atoms with Crippen LogP contribution in [0, 0.1) is 0 Å². The predicted octanol–water partition coefficient (Wildman–Crippen LogP) is 0.925. The quantitative estimate of drug-likeness (QED) is 0.715. The van der Waals surface area contributed by atoms with Crippen molar-refractivity contribution in [3.63, 3.8) is 0 Å². The molecule has 0 saturated carbocycles. The van der Waals surface area contributed by atoms with Crippen molar-refractivity contribution in [2.45, 2.75) is 44.8 Å². The monoisotopic (exact) mass is 259 g/mol. The highest BCUT2D eigenvalue weighted by atomic mass is 16.6. The zero-order chi connectivity index (χ0) is 14.1. The Morgan fingerprint density at radius 1 is 1.17 bits per heavy atom. The third-order valence-corrected chi connectivity index (χ3v) is 2.70. The Morgan fingerprint density at radius 2 is 1.67 bits per heavy atom. The van der Waals surface area contributed by atoms with Crippen molar-refractivity contribution in [1.82, 2.24) is 4.90 Å². The number of hydrogen-bond acceptors (Lipinski definition) is 4. The topological polar surface area (TPSA) is 104 Å². The second kappa shape index (κ2) is 4.47. The van der Waals surface area contributed by atoms with E-state index in [1.807, 2.05) is 0 Å². The molecule has 1 saturated heterocycles. The number of rotatable bonds is 2. The summed E-state index contributed by atoms with van der Waals surface area (Å²) in [6.45, 7) is 4.95. The lowest BCUT2D eigenvalue weighted by molar-refractivity contribution is -0.164. The predicted molar refractivity (Wildman–Crippen MR) is 60.2 cm³/mol. The van der Waals surface area contributed by atoms with Gasteiger partial charge in [-0.2, -0.15) is 0 Å². The molecule has 1 aliphatic heterocycles. The fourth-order valence-electron chi connectivity index (χ4n) is 1.92. The van der Waals surface area contributed by atoms with Gasteiger partial charge in [-0.1, -0.05) is 0 Å². The minimum absolute atomic E-state index is 0.0630. The molecule has 0 aromatic heterocycles. The number of amides is 1. The van der Waals surface area contributed by atoms with Gasteiger partial charge in [-0.25, -0.2) is 14.4 Å². The highest BCUT2D eigenvalue weighted by molar-refractivity contribution is 6.06. The number of aliphatic carboxylic acids is 2. The van der Waals surface area contributed by atoms with E-state index in [0.29, 0.717) is 6.42 Å². The molecule has 1 amide bonds. The van der Waals surface area contributed by atoms with Gasteiger partial charge in [0.05, 0.1) is 0 Å². The fraction of sp³-hybridized carbons (Fsp3) is 0.727. The number of nitrogens with zero attached hydrogens (tertiary/aromatic N) is 1. The van der Waals surface area contributed by atoms with Gasteiger partial charge in [0.2, 0.25) is 5.54 Å². The molecule has 1 fully saturated rings. The van der Waals surface area contributed by atoms with E-state index in [1.165, 1.54) is 0 Å². The highest BCUT2D eigenvalue weighted by Gasteiger charge is 2.57. The van der Waals surface area contributed by atoms with Crippen LogP contribution in [-0.2, 0) is 14.3 Å². The summed E-state index contributed by atoms with van der Waals surface area (Å²) in [6, 6.07) is 0. The fourth-order valence-corrected chi connectivity index (χ4v) is 1.92. The first-order valence-electron chi connectivity index (χ1n) is 5.58. The van der Waals surface area contributed by atoms with Crippen molar-refractivity contribution in [2.75, 3.05) is 6.54 Å². The van der Waals surface area contributed by atoms with Crippen LogP contribution in [0.2, 0.25) is 0 Å². The summed E-state index contributed by atoms with van der Waals surface area (Å²) in [7, 11) is 0. The molecule has 102 valence electrons. The summed E-state index contributed by atoms with van der Waals surface area (Å²) in [4.78, 5) is 35.1. The average Bonchev–Trinajstić information content (AvgIpc) is 2.59. The normalized spacial score (nSPS) is 18.5. The van der Waals surface area contributed by atoms with E-state index < -0.39 is 29.2 Å². The molecule has 0 aromatic carbocycles. The van der Waals surface area contributed by atoms with E-state index in [2.05, 4.69) is 0 Å². The standard InChI is InChI=1S/C11H17NO6/c1-10(2,3)18-9(17)12-6-4-5-11(12,7(13)14)8(15)16/h4-6H2,1-3H3,(H,13,14)(H,15,16). The lowest BCUT2D eigenvalue weighted by Crippen LogP contribution is -2.59. The molecule has 0 radical (unpaired) electrons. The minimum atomic E-state index is -2.21. The van der Waals surface area contributed by atoms with E-state index in [0.717, 1.165) is 4.90 Å². The molecular formula is C11H17NO6. The Labute approximate surface area is 104 Å². The molecule has 0 unspecified atom stereocenters. The van der Waals surface area contributed by atoms with E-state index in [9.17, 15) is 14.4 Å². The second-order valence-corrected chi connectivity index (χ2v) is 5.21. The lowest BCUT2D eigenvalue weighted by Gasteiger charge is -2.32. The Balaban J connectivity index is 3.04. The number of hydrogen-bond donors (Lipinski definition) is 2. The third kappa shape index (κ3) is 2.39. The van der Waals surface area contributed by atoms with Gasteiger partial charge in [-0.3, -0.25) is 4.90 Å². The van der Waals surface area contributed by atoms with E-state index in [4.69, 9.17) is 14.9 Å². The average molecular weight is 259 g/mol. The van der Waals surface area contributed by atoms with Crippen LogP contribution in [0.3, 0.4) is 0 Å². The van der Waals surface area contributed by atoms with Crippen molar-refractivity contribution in [3.8, 4) is 0 Å². The van der Waals surface area contributed by atoms with Gasteiger partial charge in [0.1, 0.15) is 5.60 Å². The number of likely N-dealkylation sites (tertiary alicyclic amines) is 1. The summed E-state index contributed by atoms with van der Waals surface area (Å²) in [6.07, 6.45) is -0.709. The van der Waals surface area contributed by atoms with E-state index in [1.54, 1.807) is 20.8 Å². The van der Waals surface area contributed by atoms with Crippen molar-refractivity contribution >= 4 is 18.0 Å². The van der Waals surface area contributed by atoms with Gasteiger partial charge in [-0.15, -0.1) is 0 Å². The molecule has 0 aromatic rings. The first kappa shape index (κ1) is 14.3. The van der Waals surface area contributed by atoms with Gasteiger partial charge < -0.3 is 14.9 Å². The van der Waals surface area contributed by atoms with Crippen LogP contribution in [0.4, 0.5) is 4.79 Å². The van der Waals surface area contributed by atoms with Gasteiger partial charge in [0.15, 0.2) is 0 Å². The SMILES string of the molecule is CC(C)(C)OC(=O)N1CCCC1(C(=O)O)C(=O)O. The van der Waals surface area contributed by atoms with Gasteiger partial charge in [-0.05, 0) is 33.6 Å². The summed E-state index contributed by atoms with van der Waals surface area (Å²) in [5.74, 6) is -3.09. The summed E-state index contributed by atoms with van der Waals surface area (Å²) in [5.41, 5.74) is -3.01. The number of ether oxygens (including phenoxy) is 1. The Hall–Kier alpha value is -1.79. The largest absolute Gasteiger partial charge is 0.479 e. The first-order chi connectivity index (χ1) is 8.11. The van der Waals surface area contributed by atoms with Gasteiger partial charge in [0, 0.05) is 6.54 Å². The molecule has 18 heavy (non-hydrogen) atoms. The van der Waals surface area contributed by atoms with E-state index in [-0.39, 0.29) is 13.0 Å². The van der Waals surface area contributed by atoms with Crippen LogP contribution in [0.25, 0.3) is 0 Å². The number of carboxylic acid groups (broad SMARTS) is 2.